The number of thiophene rings is 1. The fourth-order valence-electron chi connectivity index (χ4n) is 5.61. The molecule has 2 aromatic heterocycles. The van der Waals surface area contributed by atoms with Gasteiger partial charge in [-0.05, 0) is 54.2 Å². The van der Waals surface area contributed by atoms with Crippen molar-refractivity contribution in [1.82, 2.24) is 19.4 Å². The van der Waals surface area contributed by atoms with Crippen molar-refractivity contribution in [2.24, 2.45) is 0 Å². The monoisotopic (exact) mass is 566 g/mol. The molecule has 2 aromatic carbocycles. The predicted octanol–water partition coefficient (Wildman–Crippen LogP) is 5.83. The molecular weight excluding hydrogens is 539 g/mol. The Hall–Kier alpha value is -2.71. The Morgan fingerprint density at radius 3 is 2.63 bits per heavy atom. The van der Waals surface area contributed by atoms with Crippen LogP contribution in [0.3, 0.4) is 0 Å². The fraction of sp³-hybridized carbons (Fsp3) is 0.345. The lowest BCUT2D eigenvalue weighted by Crippen LogP contribution is -2.47. The van der Waals surface area contributed by atoms with Crippen molar-refractivity contribution in [1.29, 1.82) is 0 Å². The molecule has 38 heavy (non-hydrogen) atoms. The zero-order chi connectivity index (χ0) is 26.4. The largest absolute Gasteiger partial charge is 0.340 e. The van der Waals surface area contributed by atoms with Crippen LogP contribution in [-0.4, -0.2) is 51.4 Å². The summed E-state index contributed by atoms with van der Waals surface area (Å²) in [5, 5.41) is 1.14. The summed E-state index contributed by atoms with van der Waals surface area (Å²) in [5.74, 6) is 0.159. The minimum Gasteiger partial charge on any atom is -0.340 e. The van der Waals surface area contributed by atoms with E-state index in [0.717, 1.165) is 62.4 Å². The van der Waals surface area contributed by atoms with Crippen LogP contribution in [0.1, 0.15) is 36.1 Å². The maximum Gasteiger partial charge on any atom is 0.271 e. The van der Waals surface area contributed by atoms with Crippen LogP contribution in [-0.2, 0) is 24.2 Å². The van der Waals surface area contributed by atoms with E-state index in [4.69, 9.17) is 23.2 Å². The second-order valence-corrected chi connectivity index (χ2v) is 12.1. The molecule has 0 spiro atoms. The Morgan fingerprint density at radius 2 is 1.87 bits per heavy atom. The van der Waals surface area contributed by atoms with Crippen LogP contribution in [0.5, 0.6) is 0 Å². The van der Waals surface area contributed by atoms with E-state index in [1.807, 2.05) is 21.6 Å². The zero-order valence-corrected chi connectivity index (χ0v) is 23.5. The minimum absolute atomic E-state index is 0.00566. The topological polar surface area (TPSA) is 58.4 Å². The molecule has 1 fully saturated rings. The molecule has 1 unspecified atom stereocenters. The lowest BCUT2D eigenvalue weighted by molar-refractivity contribution is -0.130. The summed E-state index contributed by atoms with van der Waals surface area (Å²) in [4.78, 5) is 35.0. The van der Waals surface area contributed by atoms with Crippen molar-refractivity contribution >= 4 is 50.7 Å². The van der Waals surface area contributed by atoms with Crippen LogP contribution in [0, 0.1) is 0 Å². The molecule has 6 nitrogen and oxygen atoms in total. The number of carbonyl (C=O) groups excluding carboxylic acids is 1. The highest BCUT2D eigenvalue weighted by molar-refractivity contribution is 7.22. The molecule has 1 saturated heterocycles. The van der Waals surface area contributed by atoms with E-state index in [1.165, 1.54) is 28.0 Å². The lowest BCUT2D eigenvalue weighted by atomic mass is 9.87. The number of hydrogen-bond donors (Lipinski definition) is 0. The molecule has 3 heterocycles. The van der Waals surface area contributed by atoms with Gasteiger partial charge in [0.2, 0.25) is 5.91 Å². The van der Waals surface area contributed by atoms with Gasteiger partial charge in [0.25, 0.3) is 5.56 Å². The van der Waals surface area contributed by atoms with Gasteiger partial charge in [-0.1, -0.05) is 47.5 Å². The first-order chi connectivity index (χ1) is 18.4. The molecule has 1 amide bonds. The third-order valence-corrected chi connectivity index (χ3v) is 9.44. The lowest BCUT2D eigenvalue weighted by Gasteiger charge is -2.34. The molecule has 1 aliphatic heterocycles. The number of nitrogens with zero attached hydrogens (tertiary/aromatic N) is 4. The van der Waals surface area contributed by atoms with Gasteiger partial charge in [0, 0.05) is 61.2 Å². The van der Waals surface area contributed by atoms with Crippen LogP contribution in [0.2, 0.25) is 10.0 Å². The number of rotatable bonds is 4. The minimum atomic E-state index is 0.00566. The molecule has 4 aromatic rings. The summed E-state index contributed by atoms with van der Waals surface area (Å²) in [5.41, 5.74) is 5.55. The Bertz CT molecular complexity index is 1590. The number of aryl methyl sites for hydroxylation is 1. The number of piperazine rings is 1. The average Bonchev–Trinajstić information content (AvgIpc) is 3.34. The van der Waals surface area contributed by atoms with Crippen molar-refractivity contribution in [3.05, 3.63) is 85.9 Å². The van der Waals surface area contributed by atoms with Gasteiger partial charge in [-0.25, -0.2) is 4.98 Å². The maximum atomic E-state index is 13.5. The molecule has 9 heteroatoms. The van der Waals surface area contributed by atoms with Gasteiger partial charge in [0.15, 0.2) is 0 Å². The van der Waals surface area contributed by atoms with Gasteiger partial charge >= 0.3 is 0 Å². The van der Waals surface area contributed by atoms with E-state index in [2.05, 4.69) is 28.1 Å². The number of hydrogen-bond acceptors (Lipinski definition) is 5. The first-order valence-corrected chi connectivity index (χ1v) is 14.5. The predicted molar refractivity (Wildman–Crippen MR) is 154 cm³/mol. The normalized spacial score (nSPS) is 18.1. The summed E-state index contributed by atoms with van der Waals surface area (Å²) in [6.45, 7) is 5.96. The number of benzene rings is 2. The summed E-state index contributed by atoms with van der Waals surface area (Å²) < 4.78 is 2.47. The molecule has 0 radical (unpaired) electrons. The molecule has 6 rings (SSSR count). The average molecular weight is 568 g/mol. The number of aromatic nitrogens is 2. The molecule has 2 aliphatic rings. The van der Waals surface area contributed by atoms with Crippen LogP contribution >= 0.6 is 34.5 Å². The van der Waals surface area contributed by atoms with Crippen LogP contribution in [0.25, 0.3) is 20.7 Å². The van der Waals surface area contributed by atoms with Gasteiger partial charge in [-0.3, -0.25) is 19.1 Å². The molecule has 196 valence electrons. The van der Waals surface area contributed by atoms with Gasteiger partial charge in [0.1, 0.15) is 4.70 Å². The third kappa shape index (κ3) is 5.00. The number of fused-ring (bicyclic) bond motifs is 2. The molecule has 0 bridgehead atoms. The van der Waals surface area contributed by atoms with Crippen molar-refractivity contribution < 1.29 is 4.79 Å². The van der Waals surface area contributed by atoms with E-state index in [1.54, 1.807) is 25.4 Å². The molecule has 1 atom stereocenters. The Morgan fingerprint density at radius 1 is 1.05 bits per heavy atom. The van der Waals surface area contributed by atoms with Crippen molar-refractivity contribution in [3.8, 4) is 10.4 Å². The molecule has 0 saturated carbocycles. The Kier molecular flexibility index (Phi) is 7.03. The molecule has 1 aliphatic carbocycles. The summed E-state index contributed by atoms with van der Waals surface area (Å²) in [6.07, 6.45) is 4.37. The summed E-state index contributed by atoms with van der Waals surface area (Å²) >= 11 is 13.9. The van der Waals surface area contributed by atoms with Crippen molar-refractivity contribution in [2.45, 2.75) is 38.8 Å². The van der Waals surface area contributed by atoms with Crippen LogP contribution in [0.15, 0.2) is 53.6 Å². The second-order valence-electron chi connectivity index (χ2n) is 10.2. The van der Waals surface area contributed by atoms with E-state index < -0.39 is 0 Å². The number of halogens is 2. The fourth-order valence-corrected chi connectivity index (χ4v) is 7.26. The molecule has 0 N–H and O–H groups in total. The maximum absolute atomic E-state index is 13.5. The van der Waals surface area contributed by atoms with E-state index in [-0.39, 0.29) is 17.5 Å². The van der Waals surface area contributed by atoms with Crippen molar-refractivity contribution in [3.63, 3.8) is 0 Å². The molecular formula is C29H28Cl2N4O2S. The Labute approximate surface area is 235 Å². The Balaban J connectivity index is 1.19. The van der Waals surface area contributed by atoms with Gasteiger partial charge in [0.05, 0.1) is 16.9 Å². The van der Waals surface area contributed by atoms with Crippen molar-refractivity contribution in [2.75, 3.05) is 26.2 Å². The zero-order valence-electron chi connectivity index (χ0n) is 21.1. The van der Waals surface area contributed by atoms with E-state index in [0.29, 0.717) is 20.3 Å². The van der Waals surface area contributed by atoms with Gasteiger partial charge in [-0.2, -0.15) is 0 Å². The van der Waals surface area contributed by atoms with Gasteiger partial charge in [-0.15, -0.1) is 11.3 Å². The smallest absolute Gasteiger partial charge is 0.271 e. The highest BCUT2D eigenvalue weighted by Crippen LogP contribution is 2.37. The van der Waals surface area contributed by atoms with Gasteiger partial charge < -0.3 is 4.90 Å². The van der Waals surface area contributed by atoms with Crippen LogP contribution < -0.4 is 5.56 Å². The summed E-state index contributed by atoms with van der Waals surface area (Å²) in [6, 6.07) is 14.2. The number of carbonyl (C=O) groups is 1. The highest BCUT2D eigenvalue weighted by atomic mass is 35.5. The van der Waals surface area contributed by atoms with E-state index in [9.17, 15) is 9.59 Å². The standard InChI is InChI=1S/C29H28Cl2N4O2S/c1-18(36)34-10-8-33(9-11-34)16-19-2-3-21-13-23(6-4-20(21)12-19)35-17-32-26-15-27(38-28(26)29(35)37)24-7-5-22(30)14-25(24)31/h2-3,5,7,12,14-15,17,23H,4,6,8-11,13,16H2,1H3. The summed E-state index contributed by atoms with van der Waals surface area (Å²) in [7, 11) is 0. The quantitative estimate of drug-likeness (QED) is 0.312. The van der Waals surface area contributed by atoms with E-state index >= 15 is 0 Å². The highest BCUT2D eigenvalue weighted by Gasteiger charge is 2.24. The SMILES string of the molecule is CC(=O)N1CCN(Cc2ccc3c(c2)CCC(n2cnc4cc(-c5ccc(Cl)cc5Cl)sc4c2=O)C3)CC1. The van der Waals surface area contributed by atoms with Crippen LogP contribution in [0.4, 0.5) is 0 Å². The third-order valence-electron chi connectivity index (χ3n) is 7.75. The second kappa shape index (κ2) is 10.5. The first-order valence-electron chi connectivity index (χ1n) is 12.9. The number of amides is 1. The first kappa shape index (κ1) is 25.6.